The number of rotatable bonds is 12. The zero-order valence-electron chi connectivity index (χ0n) is 13.9. The fraction of sp³-hybridized carbons (Fsp3) is 0.611. The first-order valence-corrected chi connectivity index (χ1v) is 8.18. The van der Waals surface area contributed by atoms with Crippen LogP contribution in [-0.4, -0.2) is 37.0 Å². The van der Waals surface area contributed by atoms with Crippen LogP contribution >= 0.6 is 0 Å². The van der Waals surface area contributed by atoms with Crippen LogP contribution < -0.4 is 14.8 Å². The van der Waals surface area contributed by atoms with Crippen LogP contribution in [0.25, 0.3) is 0 Å². The Morgan fingerprint density at radius 2 is 1.68 bits per heavy atom. The van der Waals surface area contributed by atoms with Gasteiger partial charge < -0.3 is 19.9 Å². The Hall–Kier alpha value is -1.26. The second-order valence-electron chi connectivity index (χ2n) is 5.76. The van der Waals surface area contributed by atoms with E-state index < -0.39 is 6.10 Å². The van der Waals surface area contributed by atoms with Crippen molar-refractivity contribution in [1.29, 1.82) is 0 Å². The molecule has 0 saturated heterocycles. The van der Waals surface area contributed by atoms with Crippen molar-refractivity contribution in [2.24, 2.45) is 0 Å². The van der Waals surface area contributed by atoms with Gasteiger partial charge in [-0.25, -0.2) is 0 Å². The van der Waals surface area contributed by atoms with Crippen molar-refractivity contribution < 1.29 is 14.6 Å². The fourth-order valence-corrected chi connectivity index (χ4v) is 1.90. The van der Waals surface area contributed by atoms with E-state index in [1.54, 1.807) is 0 Å². The summed E-state index contributed by atoms with van der Waals surface area (Å²) in [6.07, 6.45) is 3.86. The summed E-state index contributed by atoms with van der Waals surface area (Å²) in [5, 5.41) is 13.0. The van der Waals surface area contributed by atoms with E-state index in [9.17, 15) is 5.11 Å². The summed E-state index contributed by atoms with van der Waals surface area (Å²) in [5.74, 6) is 1.59. The third-order valence-electron chi connectivity index (χ3n) is 3.19. The zero-order chi connectivity index (χ0) is 16.2. The minimum absolute atomic E-state index is 0.283. The van der Waals surface area contributed by atoms with Crippen LogP contribution in [0, 0.1) is 6.92 Å². The Kier molecular flexibility index (Phi) is 9.67. The lowest BCUT2D eigenvalue weighted by Gasteiger charge is -2.15. The molecule has 125 valence electrons. The van der Waals surface area contributed by atoms with E-state index >= 15 is 0 Å². The number of hydrogen-bond acceptors (Lipinski definition) is 4. The Balaban J connectivity index is 2.21. The molecular weight excluding hydrogens is 278 g/mol. The maximum absolute atomic E-state index is 9.78. The van der Waals surface area contributed by atoms with Crippen LogP contribution in [0.1, 0.15) is 39.5 Å². The molecule has 1 aromatic carbocycles. The SMILES string of the molecule is [CH2]CCCCCOc1ccc(OCC(O)CNC(C)C)cc1. The van der Waals surface area contributed by atoms with Gasteiger partial charge in [0.05, 0.1) is 6.61 Å². The van der Waals surface area contributed by atoms with E-state index in [4.69, 9.17) is 9.47 Å². The first-order valence-electron chi connectivity index (χ1n) is 8.18. The quantitative estimate of drug-likeness (QED) is 0.582. The van der Waals surface area contributed by atoms with Gasteiger partial charge in [-0.1, -0.05) is 40.0 Å². The van der Waals surface area contributed by atoms with E-state index in [0.717, 1.165) is 43.8 Å². The highest BCUT2D eigenvalue weighted by molar-refractivity contribution is 5.31. The van der Waals surface area contributed by atoms with Crippen molar-refractivity contribution in [2.45, 2.75) is 51.7 Å². The van der Waals surface area contributed by atoms with E-state index in [0.29, 0.717) is 12.6 Å². The molecule has 0 aromatic heterocycles. The van der Waals surface area contributed by atoms with E-state index in [2.05, 4.69) is 12.2 Å². The molecular formula is C18H30NO3. The van der Waals surface area contributed by atoms with Gasteiger partial charge in [-0.05, 0) is 30.7 Å². The van der Waals surface area contributed by atoms with E-state index in [-0.39, 0.29) is 6.61 Å². The lowest BCUT2D eigenvalue weighted by Crippen LogP contribution is -2.35. The molecule has 0 fully saturated rings. The number of hydrogen-bond donors (Lipinski definition) is 2. The van der Waals surface area contributed by atoms with E-state index in [1.165, 1.54) is 0 Å². The number of aliphatic hydroxyl groups excluding tert-OH is 1. The molecule has 4 nitrogen and oxygen atoms in total. The largest absolute Gasteiger partial charge is 0.494 e. The summed E-state index contributed by atoms with van der Waals surface area (Å²) in [7, 11) is 0. The standard InChI is InChI=1S/C18H30NO3/c1-4-5-6-7-12-21-17-8-10-18(11-9-17)22-14-16(20)13-19-15(2)3/h8-11,15-16,19-20H,1,4-7,12-14H2,2-3H3. The van der Waals surface area contributed by atoms with Crippen LogP contribution in [0.2, 0.25) is 0 Å². The maximum atomic E-state index is 9.78. The van der Waals surface area contributed by atoms with Crippen LogP contribution in [-0.2, 0) is 0 Å². The molecule has 1 atom stereocenters. The number of ether oxygens (including phenoxy) is 2. The minimum Gasteiger partial charge on any atom is -0.494 e. The van der Waals surface area contributed by atoms with Gasteiger partial charge in [-0.3, -0.25) is 0 Å². The molecule has 0 aliphatic heterocycles. The Bertz CT molecular complexity index is 378. The molecule has 4 heteroatoms. The number of nitrogens with one attached hydrogen (secondary N) is 1. The van der Waals surface area contributed by atoms with Crippen molar-refractivity contribution in [1.82, 2.24) is 5.32 Å². The van der Waals surface area contributed by atoms with Gasteiger partial charge in [-0.2, -0.15) is 0 Å². The Labute approximate surface area is 134 Å². The highest BCUT2D eigenvalue weighted by Crippen LogP contribution is 2.18. The van der Waals surface area contributed by atoms with Gasteiger partial charge in [0.1, 0.15) is 24.2 Å². The molecule has 1 aromatic rings. The highest BCUT2D eigenvalue weighted by atomic mass is 16.5. The maximum Gasteiger partial charge on any atom is 0.119 e. The molecule has 0 heterocycles. The molecule has 0 spiro atoms. The highest BCUT2D eigenvalue weighted by Gasteiger charge is 2.06. The average Bonchev–Trinajstić information content (AvgIpc) is 2.52. The molecule has 22 heavy (non-hydrogen) atoms. The molecule has 1 unspecified atom stereocenters. The van der Waals surface area contributed by atoms with Crippen molar-refractivity contribution in [3.05, 3.63) is 31.2 Å². The van der Waals surface area contributed by atoms with Crippen LogP contribution in [0.4, 0.5) is 0 Å². The van der Waals surface area contributed by atoms with Crippen molar-refractivity contribution in [2.75, 3.05) is 19.8 Å². The average molecular weight is 308 g/mol. The molecule has 0 bridgehead atoms. The van der Waals surface area contributed by atoms with Crippen molar-refractivity contribution >= 4 is 0 Å². The predicted octanol–water partition coefficient (Wildman–Crippen LogP) is 3.20. The number of benzene rings is 1. The molecule has 0 amide bonds. The summed E-state index contributed by atoms with van der Waals surface area (Å²) >= 11 is 0. The number of aliphatic hydroxyl groups is 1. The summed E-state index contributed by atoms with van der Waals surface area (Å²) < 4.78 is 11.2. The smallest absolute Gasteiger partial charge is 0.119 e. The predicted molar refractivity (Wildman–Crippen MR) is 90.4 cm³/mol. The second-order valence-corrected chi connectivity index (χ2v) is 5.76. The first kappa shape index (κ1) is 18.8. The summed E-state index contributed by atoms with van der Waals surface area (Å²) in [6.45, 7) is 9.47. The number of unbranched alkanes of at least 4 members (excludes halogenated alkanes) is 3. The van der Waals surface area contributed by atoms with Gasteiger partial charge in [0, 0.05) is 12.6 Å². The molecule has 2 N–H and O–H groups in total. The summed E-state index contributed by atoms with van der Waals surface area (Å²) in [5.41, 5.74) is 0. The Morgan fingerprint density at radius 1 is 1.05 bits per heavy atom. The summed E-state index contributed by atoms with van der Waals surface area (Å²) in [4.78, 5) is 0. The van der Waals surface area contributed by atoms with Crippen LogP contribution in [0.3, 0.4) is 0 Å². The minimum atomic E-state index is -0.508. The van der Waals surface area contributed by atoms with Crippen molar-refractivity contribution in [3.8, 4) is 11.5 Å². The zero-order valence-corrected chi connectivity index (χ0v) is 13.9. The van der Waals surface area contributed by atoms with Gasteiger partial charge in [0.15, 0.2) is 0 Å². The summed E-state index contributed by atoms with van der Waals surface area (Å²) in [6, 6.07) is 7.90. The third kappa shape index (κ3) is 8.90. The van der Waals surface area contributed by atoms with Crippen molar-refractivity contribution in [3.63, 3.8) is 0 Å². The monoisotopic (exact) mass is 308 g/mol. The lowest BCUT2D eigenvalue weighted by atomic mass is 10.2. The first-order chi connectivity index (χ1) is 10.6. The van der Waals surface area contributed by atoms with Crippen LogP contribution in [0.15, 0.2) is 24.3 Å². The Morgan fingerprint density at radius 3 is 2.27 bits per heavy atom. The molecule has 0 aliphatic rings. The normalized spacial score (nSPS) is 12.4. The third-order valence-corrected chi connectivity index (χ3v) is 3.19. The van der Waals surface area contributed by atoms with Gasteiger partial charge >= 0.3 is 0 Å². The van der Waals surface area contributed by atoms with Gasteiger partial charge in [-0.15, -0.1) is 0 Å². The fourth-order valence-electron chi connectivity index (χ4n) is 1.90. The molecule has 1 rings (SSSR count). The molecule has 1 radical (unpaired) electrons. The van der Waals surface area contributed by atoms with Crippen LogP contribution in [0.5, 0.6) is 11.5 Å². The lowest BCUT2D eigenvalue weighted by molar-refractivity contribution is 0.104. The van der Waals surface area contributed by atoms with Gasteiger partial charge in [0.2, 0.25) is 0 Å². The topological polar surface area (TPSA) is 50.7 Å². The van der Waals surface area contributed by atoms with E-state index in [1.807, 2.05) is 38.1 Å². The molecule has 0 aliphatic carbocycles. The van der Waals surface area contributed by atoms with Gasteiger partial charge in [0.25, 0.3) is 0 Å². The second kappa shape index (κ2) is 11.3. The molecule has 0 saturated carbocycles.